The number of aryl methyl sites for hydroxylation is 1. The Labute approximate surface area is 128 Å². The van der Waals surface area contributed by atoms with E-state index in [1.54, 1.807) is 4.72 Å². The zero-order valence-electron chi connectivity index (χ0n) is 10.7. The van der Waals surface area contributed by atoms with Crippen LogP contribution in [0.2, 0.25) is 0 Å². The number of nitrogens with one attached hydrogen (secondary N) is 1. The third-order valence-electron chi connectivity index (χ3n) is 2.51. The first-order valence-electron chi connectivity index (χ1n) is 5.52. The highest BCUT2D eigenvalue weighted by Crippen LogP contribution is 2.27. The second-order valence-electron chi connectivity index (χ2n) is 4.25. The molecule has 21 heavy (non-hydrogen) atoms. The molecule has 0 saturated carbocycles. The average Bonchev–Trinajstić information content (AvgIpc) is 2.39. The van der Waals surface area contributed by atoms with Crippen molar-refractivity contribution in [1.82, 2.24) is 4.72 Å². The summed E-state index contributed by atoms with van der Waals surface area (Å²) in [6, 6.07) is 2.10. The van der Waals surface area contributed by atoms with Crippen LogP contribution in [0.15, 0.2) is 21.5 Å². The number of benzene rings is 1. The van der Waals surface area contributed by atoms with Crippen molar-refractivity contribution in [2.45, 2.75) is 17.7 Å². The van der Waals surface area contributed by atoms with Gasteiger partial charge >= 0.3 is 5.97 Å². The number of halogens is 3. The summed E-state index contributed by atoms with van der Waals surface area (Å²) < 4.78 is 51.5. The van der Waals surface area contributed by atoms with Gasteiger partial charge in [-0.3, -0.25) is 0 Å². The van der Waals surface area contributed by atoms with E-state index in [0.29, 0.717) is 5.56 Å². The van der Waals surface area contributed by atoms with Crippen LogP contribution in [0, 0.1) is 6.92 Å². The largest absolute Gasteiger partial charge is 0.478 e. The summed E-state index contributed by atoms with van der Waals surface area (Å²) in [6.45, 7) is -1.34. The van der Waals surface area contributed by atoms with Crippen molar-refractivity contribution in [3.63, 3.8) is 0 Å². The summed E-state index contributed by atoms with van der Waals surface area (Å²) in [5, 5.41) is 17.3. The van der Waals surface area contributed by atoms with Crippen LogP contribution < -0.4 is 4.72 Å². The number of aliphatic hydroxyl groups excluding tert-OH is 1. The van der Waals surface area contributed by atoms with Gasteiger partial charge in [0.15, 0.2) is 0 Å². The molecule has 0 heterocycles. The van der Waals surface area contributed by atoms with Gasteiger partial charge < -0.3 is 10.2 Å². The zero-order chi connectivity index (χ0) is 16.4. The Morgan fingerprint density at radius 3 is 2.48 bits per heavy atom. The lowest BCUT2D eigenvalue weighted by Gasteiger charge is -2.15. The fourth-order valence-electron chi connectivity index (χ4n) is 1.39. The van der Waals surface area contributed by atoms with Gasteiger partial charge in [-0.25, -0.2) is 26.7 Å². The summed E-state index contributed by atoms with van der Waals surface area (Å²) in [5.74, 6) is -4.96. The maximum absolute atomic E-state index is 12.9. The number of alkyl halides is 2. The van der Waals surface area contributed by atoms with Crippen molar-refractivity contribution in [2.75, 3.05) is 13.2 Å². The van der Waals surface area contributed by atoms with Crippen LogP contribution in [0.4, 0.5) is 8.78 Å². The molecule has 0 radical (unpaired) electrons. The Kier molecular flexibility index (Phi) is 5.42. The van der Waals surface area contributed by atoms with Gasteiger partial charge in [-0.15, -0.1) is 0 Å². The molecular formula is C11H12BrF2NO5S. The number of carboxylic acid groups (broad SMARTS) is 1. The first-order chi connectivity index (χ1) is 9.50. The molecule has 3 N–H and O–H groups in total. The van der Waals surface area contributed by atoms with Gasteiger partial charge in [-0.05, 0) is 40.5 Å². The van der Waals surface area contributed by atoms with Gasteiger partial charge in [-0.1, -0.05) is 0 Å². The van der Waals surface area contributed by atoms with Crippen LogP contribution in [0.5, 0.6) is 0 Å². The van der Waals surface area contributed by atoms with Gasteiger partial charge in [0, 0.05) is 4.47 Å². The Bertz CT molecular complexity index is 663. The SMILES string of the molecule is Cc1cc(C(=O)O)cc(S(=O)(=O)NCC(F)(F)CO)c1Br. The van der Waals surface area contributed by atoms with Crippen molar-refractivity contribution < 1.29 is 32.2 Å². The van der Waals surface area contributed by atoms with E-state index in [4.69, 9.17) is 10.2 Å². The number of carbonyl (C=O) groups is 1. The van der Waals surface area contributed by atoms with Crippen LogP contribution in [-0.2, 0) is 10.0 Å². The molecule has 0 aliphatic heterocycles. The molecular weight excluding hydrogens is 376 g/mol. The quantitative estimate of drug-likeness (QED) is 0.683. The topological polar surface area (TPSA) is 104 Å². The van der Waals surface area contributed by atoms with Crippen molar-refractivity contribution >= 4 is 31.9 Å². The molecule has 0 atom stereocenters. The van der Waals surface area contributed by atoms with Crippen molar-refractivity contribution in [3.05, 3.63) is 27.7 Å². The average molecular weight is 388 g/mol. The van der Waals surface area contributed by atoms with Crippen LogP contribution in [0.3, 0.4) is 0 Å². The summed E-state index contributed by atoms with van der Waals surface area (Å²) in [7, 11) is -4.36. The van der Waals surface area contributed by atoms with E-state index in [0.717, 1.165) is 6.07 Å². The highest BCUT2D eigenvalue weighted by atomic mass is 79.9. The van der Waals surface area contributed by atoms with E-state index >= 15 is 0 Å². The van der Waals surface area contributed by atoms with Crippen LogP contribution >= 0.6 is 15.9 Å². The maximum atomic E-state index is 12.9. The Balaban J connectivity index is 3.22. The summed E-state index contributed by atoms with van der Waals surface area (Å²) in [5.41, 5.74) is 0.0363. The van der Waals surface area contributed by atoms with Gasteiger partial charge in [-0.2, -0.15) is 0 Å². The van der Waals surface area contributed by atoms with E-state index in [-0.39, 0.29) is 10.0 Å². The molecule has 0 aromatic heterocycles. The second-order valence-corrected chi connectivity index (χ2v) is 6.78. The molecule has 1 aromatic rings. The van der Waals surface area contributed by atoms with Crippen LogP contribution in [0.1, 0.15) is 15.9 Å². The molecule has 0 aliphatic carbocycles. The third kappa shape index (κ3) is 4.43. The smallest absolute Gasteiger partial charge is 0.335 e. The normalized spacial score (nSPS) is 12.4. The molecule has 10 heteroatoms. The fourth-order valence-corrected chi connectivity index (χ4v) is 3.49. The first-order valence-corrected chi connectivity index (χ1v) is 7.79. The monoisotopic (exact) mass is 387 g/mol. The molecule has 0 bridgehead atoms. The number of sulfonamides is 1. The van der Waals surface area contributed by atoms with Crippen molar-refractivity contribution in [3.8, 4) is 0 Å². The van der Waals surface area contributed by atoms with E-state index in [1.165, 1.54) is 13.0 Å². The minimum absolute atomic E-state index is 0.0762. The van der Waals surface area contributed by atoms with Crippen LogP contribution in [0.25, 0.3) is 0 Å². The number of rotatable bonds is 6. The van der Waals surface area contributed by atoms with E-state index in [9.17, 15) is 22.0 Å². The molecule has 6 nitrogen and oxygen atoms in total. The van der Waals surface area contributed by atoms with E-state index < -0.39 is 40.0 Å². The number of aliphatic hydroxyl groups is 1. The second kappa shape index (κ2) is 6.34. The molecule has 118 valence electrons. The van der Waals surface area contributed by atoms with Crippen LogP contribution in [-0.4, -0.2) is 43.7 Å². The zero-order valence-corrected chi connectivity index (χ0v) is 13.1. The van der Waals surface area contributed by atoms with Crippen molar-refractivity contribution in [2.24, 2.45) is 0 Å². The summed E-state index contributed by atoms with van der Waals surface area (Å²) in [6.07, 6.45) is 0. The van der Waals surface area contributed by atoms with Gasteiger partial charge in [0.05, 0.1) is 17.0 Å². The lowest BCUT2D eigenvalue weighted by molar-refractivity contribution is -0.0437. The summed E-state index contributed by atoms with van der Waals surface area (Å²) >= 11 is 2.99. The Hall–Kier alpha value is -1.10. The van der Waals surface area contributed by atoms with Gasteiger partial charge in [0.25, 0.3) is 5.92 Å². The number of carboxylic acids is 1. The standard InChI is InChI=1S/C11H12BrF2NO5S/c1-6-2-7(10(17)18)3-8(9(6)12)21(19,20)15-4-11(13,14)5-16/h2-3,15-16H,4-5H2,1H3,(H,17,18). The predicted molar refractivity (Wildman–Crippen MR) is 73.1 cm³/mol. The molecule has 0 aliphatic rings. The Morgan fingerprint density at radius 1 is 1.43 bits per heavy atom. The predicted octanol–water partition coefficient (Wildman–Crippen LogP) is 1.36. The summed E-state index contributed by atoms with van der Waals surface area (Å²) in [4.78, 5) is 10.5. The molecule has 0 spiro atoms. The highest BCUT2D eigenvalue weighted by molar-refractivity contribution is 9.10. The lowest BCUT2D eigenvalue weighted by atomic mass is 10.1. The third-order valence-corrected chi connectivity index (χ3v) is 5.25. The first kappa shape index (κ1) is 18.0. The van der Waals surface area contributed by atoms with E-state index in [2.05, 4.69) is 15.9 Å². The molecule has 0 amide bonds. The molecule has 0 unspecified atom stereocenters. The minimum Gasteiger partial charge on any atom is -0.478 e. The fraction of sp³-hybridized carbons (Fsp3) is 0.364. The van der Waals surface area contributed by atoms with Gasteiger partial charge in [0.2, 0.25) is 10.0 Å². The Morgan fingerprint density at radius 2 is 2.00 bits per heavy atom. The van der Waals surface area contributed by atoms with E-state index in [1.807, 2.05) is 0 Å². The number of hydrogen-bond acceptors (Lipinski definition) is 4. The van der Waals surface area contributed by atoms with Gasteiger partial charge in [0.1, 0.15) is 6.61 Å². The molecule has 0 fully saturated rings. The highest BCUT2D eigenvalue weighted by Gasteiger charge is 2.31. The van der Waals surface area contributed by atoms with Crippen molar-refractivity contribution in [1.29, 1.82) is 0 Å². The molecule has 1 rings (SSSR count). The number of hydrogen-bond donors (Lipinski definition) is 3. The lowest BCUT2D eigenvalue weighted by Crippen LogP contribution is -2.39. The molecule has 0 saturated heterocycles. The maximum Gasteiger partial charge on any atom is 0.335 e. The number of aromatic carboxylic acids is 1. The minimum atomic E-state index is -4.36. The molecule has 1 aromatic carbocycles.